The molecule has 0 aliphatic heterocycles. The summed E-state index contributed by atoms with van der Waals surface area (Å²) < 4.78 is 11.0. The van der Waals surface area contributed by atoms with Gasteiger partial charge in [-0.15, -0.1) is 0 Å². The van der Waals surface area contributed by atoms with E-state index in [0.29, 0.717) is 27.8 Å². The highest BCUT2D eigenvalue weighted by atomic mass is 16.5. The van der Waals surface area contributed by atoms with Crippen molar-refractivity contribution < 1.29 is 24.5 Å². The second kappa shape index (κ2) is 7.17. The third-order valence-electron chi connectivity index (χ3n) is 5.68. The molecule has 30 heavy (non-hydrogen) atoms. The predicted octanol–water partition coefficient (Wildman–Crippen LogP) is 2.65. The number of ether oxygens (including phenoxy) is 2. The Morgan fingerprint density at radius 1 is 1.27 bits per heavy atom. The number of nitriles is 1. The van der Waals surface area contributed by atoms with E-state index in [-0.39, 0.29) is 23.7 Å². The Labute approximate surface area is 173 Å². The lowest BCUT2D eigenvalue weighted by molar-refractivity contribution is 0.0539. The van der Waals surface area contributed by atoms with Crippen LogP contribution in [0.3, 0.4) is 0 Å². The van der Waals surface area contributed by atoms with Crippen molar-refractivity contribution in [2.24, 2.45) is 0 Å². The zero-order valence-corrected chi connectivity index (χ0v) is 16.9. The quantitative estimate of drug-likeness (QED) is 0.600. The van der Waals surface area contributed by atoms with Crippen molar-refractivity contribution in [3.63, 3.8) is 0 Å². The molecule has 1 aromatic heterocycles. The van der Waals surface area contributed by atoms with E-state index in [1.165, 1.54) is 0 Å². The summed E-state index contributed by atoms with van der Waals surface area (Å²) in [5.74, 6) is 0.810. The number of rotatable bonds is 5. The molecule has 1 heterocycles. The van der Waals surface area contributed by atoms with Gasteiger partial charge in [-0.3, -0.25) is 4.79 Å². The number of benzene rings is 2. The molecule has 3 aromatic rings. The average molecular weight is 406 g/mol. The molecule has 7 heteroatoms. The highest BCUT2D eigenvalue weighted by Gasteiger charge is 2.40. The highest BCUT2D eigenvalue weighted by molar-refractivity contribution is 6.20. The normalized spacial score (nSPS) is 15.3. The van der Waals surface area contributed by atoms with Gasteiger partial charge >= 0.3 is 0 Å². The largest absolute Gasteiger partial charge is 0.497 e. The van der Waals surface area contributed by atoms with E-state index >= 15 is 0 Å². The maximum Gasteiger partial charge on any atom is 0.195 e. The smallest absolute Gasteiger partial charge is 0.195 e. The molecule has 0 saturated heterocycles. The Morgan fingerprint density at radius 3 is 2.70 bits per heavy atom. The van der Waals surface area contributed by atoms with Gasteiger partial charge in [-0.05, 0) is 29.8 Å². The molecule has 0 amide bonds. The number of aliphatic hydroxyl groups is 2. The van der Waals surface area contributed by atoms with E-state index in [1.807, 2.05) is 19.9 Å². The zero-order valence-electron chi connectivity index (χ0n) is 16.9. The monoisotopic (exact) mass is 406 g/mol. The Hall–Kier alpha value is -3.34. The second-order valence-corrected chi connectivity index (χ2v) is 7.86. The van der Waals surface area contributed by atoms with E-state index in [1.54, 1.807) is 31.4 Å². The summed E-state index contributed by atoms with van der Waals surface area (Å²) in [6.45, 7) is 3.41. The summed E-state index contributed by atoms with van der Waals surface area (Å²) >= 11 is 0. The minimum absolute atomic E-state index is 0.112. The Bertz CT molecular complexity index is 1200. The van der Waals surface area contributed by atoms with Crippen LogP contribution in [-0.2, 0) is 5.41 Å². The van der Waals surface area contributed by atoms with Crippen LogP contribution >= 0.6 is 0 Å². The number of H-pyrrole nitrogens is 1. The molecule has 154 valence electrons. The number of carbonyl (C=O) groups is 1. The number of hydrogen-bond donors (Lipinski definition) is 3. The van der Waals surface area contributed by atoms with Gasteiger partial charge in [0.25, 0.3) is 0 Å². The van der Waals surface area contributed by atoms with Crippen molar-refractivity contribution in [2.75, 3.05) is 20.3 Å². The fourth-order valence-electron chi connectivity index (χ4n) is 4.05. The Morgan fingerprint density at radius 2 is 2.03 bits per heavy atom. The third kappa shape index (κ3) is 2.84. The van der Waals surface area contributed by atoms with Gasteiger partial charge in [0.15, 0.2) is 11.5 Å². The molecule has 1 aliphatic carbocycles. The molecule has 0 bridgehead atoms. The van der Waals surface area contributed by atoms with Gasteiger partial charge < -0.3 is 24.7 Å². The number of fused-ring (bicyclic) bond motifs is 4. The molecule has 2 aromatic carbocycles. The standard InChI is InChI=1S/C23H22N2O5/c1-23(2)17-8-14(29-3)5-7-15(17)20(28)18-16-6-4-12(9-24)21(19(16)25-22(18)23)30-11-13(27)10-26/h4-8,13,25-27H,10-11H2,1-3H3/t13-/m1/s1. The first-order chi connectivity index (χ1) is 14.3. The van der Waals surface area contributed by atoms with Crippen molar-refractivity contribution in [2.45, 2.75) is 25.4 Å². The van der Waals surface area contributed by atoms with E-state index in [0.717, 1.165) is 11.3 Å². The van der Waals surface area contributed by atoms with Crippen LogP contribution in [0, 0.1) is 11.3 Å². The lowest BCUT2D eigenvalue weighted by Crippen LogP contribution is -2.30. The predicted molar refractivity (Wildman–Crippen MR) is 110 cm³/mol. The summed E-state index contributed by atoms with van der Waals surface area (Å²) in [5, 5.41) is 28.9. The summed E-state index contributed by atoms with van der Waals surface area (Å²) in [7, 11) is 1.58. The van der Waals surface area contributed by atoms with Crippen LogP contribution in [0.25, 0.3) is 10.9 Å². The molecule has 0 fully saturated rings. The van der Waals surface area contributed by atoms with Gasteiger partial charge in [-0.2, -0.15) is 5.26 Å². The lowest BCUT2D eigenvalue weighted by atomic mass is 9.71. The number of carbonyl (C=O) groups excluding carboxylic acids is 1. The fourth-order valence-corrected chi connectivity index (χ4v) is 4.05. The van der Waals surface area contributed by atoms with Crippen LogP contribution < -0.4 is 9.47 Å². The van der Waals surface area contributed by atoms with Crippen molar-refractivity contribution in [3.8, 4) is 17.6 Å². The molecular weight excluding hydrogens is 384 g/mol. The van der Waals surface area contributed by atoms with Crippen molar-refractivity contribution in [1.29, 1.82) is 5.26 Å². The van der Waals surface area contributed by atoms with Crippen LogP contribution in [0.2, 0.25) is 0 Å². The molecule has 0 radical (unpaired) electrons. The van der Waals surface area contributed by atoms with Gasteiger partial charge in [-0.1, -0.05) is 19.9 Å². The van der Waals surface area contributed by atoms with Gasteiger partial charge in [0, 0.05) is 22.1 Å². The minimum atomic E-state index is -1.08. The van der Waals surface area contributed by atoms with E-state index in [4.69, 9.17) is 14.6 Å². The maximum absolute atomic E-state index is 13.4. The third-order valence-corrected chi connectivity index (χ3v) is 5.68. The Balaban J connectivity index is 1.95. The molecule has 1 atom stereocenters. The number of nitrogens with zero attached hydrogens (tertiary/aromatic N) is 1. The number of ketones is 1. The maximum atomic E-state index is 13.4. The molecule has 1 aliphatic rings. The van der Waals surface area contributed by atoms with Crippen molar-refractivity contribution in [3.05, 3.63) is 58.3 Å². The Kier molecular flexibility index (Phi) is 4.77. The molecule has 0 saturated carbocycles. The summed E-state index contributed by atoms with van der Waals surface area (Å²) in [5.41, 5.74) is 3.00. The summed E-state index contributed by atoms with van der Waals surface area (Å²) in [6.07, 6.45) is -1.08. The number of methoxy groups -OCH3 is 1. The van der Waals surface area contributed by atoms with Crippen LogP contribution in [0.5, 0.6) is 11.5 Å². The van der Waals surface area contributed by atoms with Crippen molar-refractivity contribution in [1.82, 2.24) is 4.98 Å². The number of aromatic nitrogens is 1. The SMILES string of the molecule is COc1ccc2c(c1)C(C)(C)c1[nH]c3c(OC[C@H](O)CO)c(C#N)ccc3c1C2=O. The number of aliphatic hydroxyl groups excluding tert-OH is 2. The molecule has 3 N–H and O–H groups in total. The molecule has 4 rings (SSSR count). The van der Waals surface area contributed by atoms with E-state index in [9.17, 15) is 15.2 Å². The van der Waals surface area contributed by atoms with E-state index in [2.05, 4.69) is 11.1 Å². The zero-order chi connectivity index (χ0) is 21.6. The fraction of sp³-hybridized carbons (Fsp3) is 0.304. The number of nitrogens with one attached hydrogen (secondary N) is 1. The molecule has 7 nitrogen and oxygen atoms in total. The first kappa shape index (κ1) is 20.0. The van der Waals surface area contributed by atoms with Crippen LogP contribution in [0.1, 0.15) is 46.6 Å². The number of hydrogen-bond acceptors (Lipinski definition) is 6. The van der Waals surface area contributed by atoms with Crippen LogP contribution in [0.15, 0.2) is 30.3 Å². The van der Waals surface area contributed by atoms with Gasteiger partial charge in [0.2, 0.25) is 0 Å². The number of aromatic amines is 1. The van der Waals surface area contributed by atoms with E-state index < -0.39 is 18.1 Å². The van der Waals surface area contributed by atoms with Gasteiger partial charge in [0.05, 0.1) is 30.4 Å². The first-order valence-corrected chi connectivity index (χ1v) is 9.57. The second-order valence-electron chi connectivity index (χ2n) is 7.86. The first-order valence-electron chi connectivity index (χ1n) is 9.57. The van der Waals surface area contributed by atoms with Gasteiger partial charge in [-0.25, -0.2) is 0 Å². The highest BCUT2D eigenvalue weighted by Crippen LogP contribution is 2.46. The molecular formula is C23H22N2O5. The van der Waals surface area contributed by atoms with Crippen molar-refractivity contribution >= 4 is 16.7 Å². The summed E-state index contributed by atoms with van der Waals surface area (Å²) in [4.78, 5) is 16.7. The summed E-state index contributed by atoms with van der Waals surface area (Å²) in [6, 6.07) is 10.8. The van der Waals surface area contributed by atoms with Crippen LogP contribution in [0.4, 0.5) is 0 Å². The molecule has 0 unspecified atom stereocenters. The molecule has 0 spiro atoms. The topological polar surface area (TPSA) is 116 Å². The lowest BCUT2D eigenvalue weighted by Gasteiger charge is -2.32. The minimum Gasteiger partial charge on any atom is -0.497 e. The average Bonchev–Trinajstić information content (AvgIpc) is 3.16. The van der Waals surface area contributed by atoms with Gasteiger partial charge in [0.1, 0.15) is 24.5 Å². The van der Waals surface area contributed by atoms with Crippen LogP contribution in [-0.4, -0.2) is 47.4 Å².